The number of aliphatic imine (C=N–C) groups is 2. The van der Waals surface area contributed by atoms with Crippen LogP contribution in [0.5, 0.6) is 0 Å². The van der Waals surface area contributed by atoms with Gasteiger partial charge in [0, 0.05) is 63.9 Å². The molecule has 0 saturated carbocycles. The van der Waals surface area contributed by atoms with Crippen LogP contribution in [0.2, 0.25) is 0 Å². The number of carboxylic acid groups (broad SMARTS) is 1. The maximum Gasteiger partial charge on any atom is 0.326 e. The molecule has 3 saturated heterocycles. The second-order valence-electron chi connectivity index (χ2n) is 28.3. The molecule has 0 spiro atoms. The number of amides is 13. The van der Waals surface area contributed by atoms with Crippen molar-refractivity contribution in [2.75, 3.05) is 52.4 Å². The van der Waals surface area contributed by atoms with Gasteiger partial charge in [0.1, 0.15) is 72.5 Å². The second kappa shape index (κ2) is 47.3. The molecule has 0 radical (unpaired) electrons. The van der Waals surface area contributed by atoms with Crippen molar-refractivity contribution in [2.24, 2.45) is 38.8 Å². The van der Waals surface area contributed by atoms with Crippen molar-refractivity contribution in [1.29, 1.82) is 0 Å². The number of imidazole rings is 1. The smallest absolute Gasteiger partial charge is 0.326 e. The summed E-state index contributed by atoms with van der Waals surface area (Å²) in [6.07, 6.45) is 8.74. The minimum Gasteiger partial charge on any atom is -0.480 e. The molecule has 3 aliphatic heterocycles. The first-order valence-electron chi connectivity index (χ1n) is 38.0. The maximum atomic E-state index is 15.1. The number of carbonyl (C=O) groups excluding carboxylic acids is 13. The SMILES string of the molecule is C=CC[C@H](NC(=O)CNC(=O)[C@H](CCCCN)NC(=O)[C@H](Cc1cnc[nH]1)NC(=O)[C@H](CO)N(CC=C)C(=O)[C@H](CC(C)C)NC(=O)[C@H](CCCN=C(C)N)NC(=O)[C@@H]1CCCN1C(=O)[C@H](CCCN=C(N)N)NC(=O)[C@@H]1CCC(=O)N1)C(=O)N[C@@H](CCCC)C(=O)N1CCC[C@H]1C(=O)N[C@@H](Cc1ccccc1)C(=O)O. The van der Waals surface area contributed by atoms with E-state index in [1.165, 1.54) is 34.5 Å². The van der Waals surface area contributed by atoms with Crippen LogP contribution in [0.3, 0.4) is 0 Å². The van der Waals surface area contributed by atoms with Crippen LogP contribution in [0.1, 0.15) is 155 Å². The Morgan fingerprint density at radius 2 is 1.22 bits per heavy atom. The molecule has 37 nitrogen and oxygen atoms in total. The van der Waals surface area contributed by atoms with E-state index in [9.17, 15) is 72.5 Å². The van der Waals surface area contributed by atoms with Crippen LogP contribution < -0.4 is 76.1 Å². The van der Waals surface area contributed by atoms with Gasteiger partial charge in [-0.2, -0.15) is 0 Å². The predicted octanol–water partition coefficient (Wildman–Crippen LogP) is -2.94. The summed E-state index contributed by atoms with van der Waals surface area (Å²) in [5, 5.41) is 47.7. The van der Waals surface area contributed by atoms with Gasteiger partial charge in [-0.15, -0.1) is 13.2 Å². The third kappa shape index (κ3) is 29.8. The lowest BCUT2D eigenvalue weighted by Gasteiger charge is -2.34. The topological polar surface area (TPSA) is 567 Å². The fraction of sp³-hybridized carbons (Fsp3) is 0.608. The lowest BCUT2D eigenvalue weighted by Crippen LogP contribution is -2.62. The molecule has 12 atom stereocenters. The van der Waals surface area contributed by atoms with Gasteiger partial charge >= 0.3 is 5.97 Å². The minimum atomic E-state index is -1.77. The monoisotopic (exact) mass is 1550 g/mol. The van der Waals surface area contributed by atoms with Gasteiger partial charge < -0.3 is 106 Å². The number of rotatable bonds is 49. The van der Waals surface area contributed by atoms with Gasteiger partial charge in [-0.25, -0.2) is 9.78 Å². The lowest BCUT2D eigenvalue weighted by molar-refractivity contribution is -0.145. The van der Waals surface area contributed by atoms with Gasteiger partial charge in [0.25, 0.3) is 0 Å². The Morgan fingerprint density at radius 1 is 0.658 bits per heavy atom. The molecular weight excluding hydrogens is 1440 g/mol. The number of aromatic amines is 1. The quantitative estimate of drug-likeness (QED) is 0.0136. The van der Waals surface area contributed by atoms with Gasteiger partial charge in [0.15, 0.2) is 5.96 Å². The van der Waals surface area contributed by atoms with Crippen LogP contribution in [-0.2, 0) is 80.0 Å². The van der Waals surface area contributed by atoms with Crippen molar-refractivity contribution in [1.82, 2.24) is 77.8 Å². The van der Waals surface area contributed by atoms with Gasteiger partial charge in [-0.1, -0.05) is 76.1 Å². The Bertz CT molecular complexity index is 3550. The summed E-state index contributed by atoms with van der Waals surface area (Å²) >= 11 is 0. The van der Waals surface area contributed by atoms with Crippen LogP contribution in [0.4, 0.5) is 0 Å². The molecule has 21 N–H and O–H groups in total. The molecule has 2 aromatic rings. The number of nitrogens with two attached hydrogens (primary N) is 4. The van der Waals surface area contributed by atoms with Crippen LogP contribution in [-0.4, -0.2) is 254 Å². The summed E-state index contributed by atoms with van der Waals surface area (Å²) in [6, 6.07) is -6.77. The van der Waals surface area contributed by atoms with Gasteiger partial charge in [0.05, 0.1) is 25.3 Å². The number of hydrogen-bond donors (Lipinski definition) is 17. The van der Waals surface area contributed by atoms with E-state index in [1.54, 1.807) is 51.1 Å². The molecule has 5 rings (SSSR count). The number of likely N-dealkylation sites (tertiary alicyclic amines) is 2. The number of carboxylic acids is 1. The molecule has 3 aliphatic rings. The Kier molecular flexibility index (Phi) is 38.7. The van der Waals surface area contributed by atoms with Crippen LogP contribution in [0.15, 0.2) is 78.2 Å². The number of H-pyrrole nitrogens is 1. The maximum absolute atomic E-state index is 15.1. The number of hydrogen-bond acceptors (Lipinski definition) is 19. The number of benzene rings is 1. The average molecular weight is 1550 g/mol. The zero-order valence-electron chi connectivity index (χ0n) is 64.0. The average Bonchev–Trinajstić information content (AvgIpc) is 1.80. The number of aliphatic hydroxyl groups is 1. The Labute approximate surface area is 646 Å². The first kappa shape index (κ1) is 90.8. The van der Waals surface area contributed by atoms with E-state index >= 15 is 4.79 Å². The molecule has 0 unspecified atom stereocenters. The van der Waals surface area contributed by atoms with Gasteiger partial charge in [0.2, 0.25) is 76.8 Å². The lowest BCUT2D eigenvalue weighted by atomic mass is 10.00. The highest BCUT2D eigenvalue weighted by molar-refractivity contribution is 6.00. The highest BCUT2D eigenvalue weighted by atomic mass is 16.4. The summed E-state index contributed by atoms with van der Waals surface area (Å²) in [5.41, 5.74) is 23.7. The van der Waals surface area contributed by atoms with Crippen LogP contribution in [0, 0.1) is 5.92 Å². The zero-order chi connectivity index (χ0) is 81.7. The number of amidine groups is 1. The Hall–Kier alpha value is -10.9. The number of aliphatic hydroxyl groups excluding tert-OH is 1. The Balaban J connectivity index is 1.31. The highest BCUT2D eigenvalue weighted by Crippen LogP contribution is 2.24. The van der Waals surface area contributed by atoms with Crippen molar-refractivity contribution in [3.63, 3.8) is 0 Å². The van der Waals surface area contributed by atoms with E-state index < -0.39 is 169 Å². The van der Waals surface area contributed by atoms with E-state index in [0.29, 0.717) is 43.4 Å². The number of nitrogens with one attached hydrogen (secondary N) is 11. The zero-order valence-corrected chi connectivity index (χ0v) is 64.0. The molecule has 0 aliphatic carbocycles. The summed E-state index contributed by atoms with van der Waals surface area (Å²) in [4.78, 5) is 215. The van der Waals surface area contributed by atoms with E-state index in [2.05, 4.69) is 86.3 Å². The summed E-state index contributed by atoms with van der Waals surface area (Å²) in [5.74, 6) is -11.2. The molecule has 1 aromatic carbocycles. The molecule has 1 aromatic heterocycles. The molecule has 612 valence electrons. The fourth-order valence-corrected chi connectivity index (χ4v) is 13.3. The van der Waals surface area contributed by atoms with Crippen molar-refractivity contribution in [2.45, 2.75) is 229 Å². The van der Waals surface area contributed by atoms with Gasteiger partial charge in [-0.3, -0.25) is 72.3 Å². The van der Waals surface area contributed by atoms with Crippen molar-refractivity contribution < 1.29 is 77.3 Å². The third-order valence-corrected chi connectivity index (χ3v) is 19.0. The highest BCUT2D eigenvalue weighted by Gasteiger charge is 2.44. The van der Waals surface area contributed by atoms with E-state index in [1.807, 2.05) is 6.92 Å². The number of nitrogens with zero attached hydrogens (tertiary/aromatic N) is 6. The third-order valence-electron chi connectivity index (χ3n) is 19.0. The first-order chi connectivity index (χ1) is 53.0. The standard InChI is InChI=1S/C74H115N21O16/c1-7-10-23-52(70(107)95-36-19-28-58(95)68(105)92-56(73(110)111)38-46-21-12-11-13-22-46)88-63(100)48(20-8-2)85-61(98)41-82-62(99)49(24-14-15-31-75)86-66(103)54(39-47-40-79-43-83-47)90-69(106)59(42-96)93(34-9-3)72(109)55(37-44(4)5)91-64(101)50(25-16-32-80-45(6)76)87-67(104)57-27-18-35-94(57)71(108)53(26-17-33-81-74(77)78)89-65(102)51-29-30-60(97)84-51/h8-9,11-13,21-22,40,43-44,48-59,96H,2-3,7,10,14-20,23-39,41-42,75H2,1,4-6H3,(H2,76,80)(H,79,83)(H,82,99)(H,84,97)(H,85,98)(H,86,103)(H,87,104)(H,88,100)(H,89,102)(H,90,106)(H,91,101)(H,92,105)(H,110,111)(H4,77,78,81)/t48-,49-,50-,51-,52-,53-,54-,55-,56-,57-,58-,59-/m0/s1. The predicted molar refractivity (Wildman–Crippen MR) is 410 cm³/mol. The molecule has 111 heavy (non-hydrogen) atoms. The van der Waals surface area contributed by atoms with E-state index in [0.717, 1.165) is 4.90 Å². The van der Waals surface area contributed by atoms with Crippen molar-refractivity contribution in [3.05, 3.63) is 79.4 Å². The number of aliphatic carboxylic acids is 1. The summed E-state index contributed by atoms with van der Waals surface area (Å²) in [6.45, 7) is 13.0. The molecule has 3 fully saturated rings. The number of guanidine groups is 1. The molecule has 37 heteroatoms. The summed E-state index contributed by atoms with van der Waals surface area (Å²) < 4.78 is 0. The van der Waals surface area contributed by atoms with Gasteiger partial charge in [-0.05, 0) is 121 Å². The molecule has 0 bridgehead atoms. The van der Waals surface area contributed by atoms with Crippen LogP contribution >= 0.6 is 0 Å². The van der Waals surface area contributed by atoms with Crippen molar-refractivity contribution >= 4 is 94.6 Å². The number of unbranched alkanes of at least 4 members (excludes halogenated alkanes) is 2. The summed E-state index contributed by atoms with van der Waals surface area (Å²) in [7, 11) is 0. The first-order valence-corrected chi connectivity index (χ1v) is 38.0. The Morgan fingerprint density at radius 3 is 1.77 bits per heavy atom. The minimum absolute atomic E-state index is 0.00175. The van der Waals surface area contributed by atoms with Crippen LogP contribution in [0.25, 0.3) is 0 Å². The molecular formula is C74H115N21O16. The molecule has 13 amide bonds. The van der Waals surface area contributed by atoms with Crippen molar-refractivity contribution in [3.8, 4) is 0 Å². The van der Waals surface area contributed by atoms with E-state index in [4.69, 9.17) is 22.9 Å². The normalized spacial score (nSPS) is 17.8. The van der Waals surface area contributed by atoms with E-state index in [-0.39, 0.29) is 153 Å². The number of carbonyl (C=O) groups is 14. The second-order valence-corrected chi connectivity index (χ2v) is 28.3. The largest absolute Gasteiger partial charge is 0.480 e. The molecule has 4 heterocycles. The number of aromatic nitrogens is 2. The fourth-order valence-electron chi connectivity index (χ4n) is 13.3.